The number of para-hydroxylation sites is 1. The third-order valence-electron chi connectivity index (χ3n) is 3.56. The molecule has 0 fully saturated rings. The normalized spacial score (nSPS) is 10.3. The first-order valence-electron chi connectivity index (χ1n) is 7.15. The molecule has 0 aliphatic heterocycles. The lowest BCUT2D eigenvalue weighted by molar-refractivity contribution is 0.102. The molecule has 1 N–H and O–H groups in total. The van der Waals surface area contributed by atoms with Crippen LogP contribution in [0.3, 0.4) is 0 Å². The van der Waals surface area contributed by atoms with Crippen LogP contribution in [0.1, 0.15) is 15.9 Å². The van der Waals surface area contributed by atoms with Crippen LogP contribution in [0.15, 0.2) is 59.3 Å². The molecular formula is C18H16N2O3. The molecule has 5 nitrogen and oxygen atoms in total. The van der Waals surface area contributed by atoms with Gasteiger partial charge in [0.1, 0.15) is 11.3 Å². The third-order valence-corrected chi connectivity index (χ3v) is 3.56. The second-order valence-electron chi connectivity index (χ2n) is 5.07. The van der Waals surface area contributed by atoms with Crippen LogP contribution in [-0.4, -0.2) is 18.2 Å². The molecule has 0 unspecified atom stereocenters. The van der Waals surface area contributed by atoms with E-state index >= 15 is 0 Å². The average molecular weight is 308 g/mol. The van der Waals surface area contributed by atoms with Crippen LogP contribution in [0.2, 0.25) is 0 Å². The van der Waals surface area contributed by atoms with Gasteiger partial charge in [-0.15, -0.1) is 0 Å². The van der Waals surface area contributed by atoms with E-state index in [0.717, 1.165) is 22.6 Å². The van der Waals surface area contributed by atoms with Gasteiger partial charge in [0.05, 0.1) is 13.3 Å². The van der Waals surface area contributed by atoms with E-state index in [1.54, 1.807) is 19.2 Å². The van der Waals surface area contributed by atoms with Gasteiger partial charge in [0, 0.05) is 11.3 Å². The number of rotatable bonds is 4. The van der Waals surface area contributed by atoms with Gasteiger partial charge in [0.15, 0.2) is 5.76 Å². The Morgan fingerprint density at radius 3 is 2.57 bits per heavy atom. The molecule has 0 atom stereocenters. The fourth-order valence-corrected chi connectivity index (χ4v) is 2.25. The Balaban J connectivity index is 1.88. The number of nitrogens with zero attached hydrogens (tertiary/aromatic N) is 1. The van der Waals surface area contributed by atoms with Crippen molar-refractivity contribution in [1.82, 2.24) is 5.16 Å². The molecule has 0 aliphatic carbocycles. The van der Waals surface area contributed by atoms with E-state index in [0.29, 0.717) is 11.3 Å². The number of aromatic nitrogens is 1. The third kappa shape index (κ3) is 3.08. The zero-order valence-electron chi connectivity index (χ0n) is 12.9. The van der Waals surface area contributed by atoms with E-state index in [1.807, 2.05) is 43.3 Å². The molecule has 2 aromatic carbocycles. The van der Waals surface area contributed by atoms with Crippen LogP contribution in [-0.2, 0) is 0 Å². The van der Waals surface area contributed by atoms with Gasteiger partial charge in [0.2, 0.25) is 0 Å². The maximum absolute atomic E-state index is 12.5. The molecule has 3 aromatic rings. The number of benzene rings is 2. The number of hydrogen-bond acceptors (Lipinski definition) is 4. The molecule has 0 aliphatic rings. The van der Waals surface area contributed by atoms with Gasteiger partial charge in [-0.2, -0.15) is 0 Å². The lowest BCUT2D eigenvalue weighted by atomic mass is 10.1. The predicted molar refractivity (Wildman–Crippen MR) is 87.6 cm³/mol. The van der Waals surface area contributed by atoms with Gasteiger partial charge in [-0.1, -0.05) is 23.4 Å². The highest BCUT2D eigenvalue weighted by Gasteiger charge is 2.18. The van der Waals surface area contributed by atoms with Crippen molar-refractivity contribution in [2.24, 2.45) is 0 Å². The maximum atomic E-state index is 12.5. The summed E-state index contributed by atoms with van der Waals surface area (Å²) < 4.78 is 10.4. The first-order chi connectivity index (χ1) is 11.2. The minimum absolute atomic E-state index is 0.258. The van der Waals surface area contributed by atoms with Crippen molar-refractivity contribution in [2.75, 3.05) is 12.4 Å². The predicted octanol–water partition coefficient (Wildman–Crippen LogP) is 3.91. The fraction of sp³-hybridized carbons (Fsp3) is 0.111. The zero-order valence-corrected chi connectivity index (χ0v) is 12.9. The summed E-state index contributed by atoms with van der Waals surface area (Å²) in [6, 6.07) is 14.9. The summed E-state index contributed by atoms with van der Waals surface area (Å²) >= 11 is 0. The summed E-state index contributed by atoms with van der Waals surface area (Å²) in [5.41, 5.74) is 2.90. The van der Waals surface area contributed by atoms with Gasteiger partial charge >= 0.3 is 0 Å². The van der Waals surface area contributed by atoms with E-state index in [2.05, 4.69) is 10.5 Å². The minimum Gasteiger partial charge on any atom is -0.497 e. The van der Waals surface area contributed by atoms with E-state index in [1.165, 1.54) is 6.20 Å². The van der Waals surface area contributed by atoms with Crippen LogP contribution in [0.4, 0.5) is 5.69 Å². The highest BCUT2D eigenvalue weighted by atomic mass is 16.5. The molecule has 0 saturated heterocycles. The molecule has 5 heteroatoms. The molecule has 0 radical (unpaired) electrons. The second-order valence-corrected chi connectivity index (χ2v) is 5.07. The zero-order chi connectivity index (χ0) is 16.2. The number of carbonyl (C=O) groups excluding carboxylic acids is 1. The van der Waals surface area contributed by atoms with Gasteiger partial charge in [-0.05, 0) is 42.8 Å². The van der Waals surface area contributed by atoms with Gasteiger partial charge in [0.25, 0.3) is 5.91 Å². The molecular weight excluding hydrogens is 292 g/mol. The Labute approximate surface area is 133 Å². The number of nitrogens with one attached hydrogen (secondary N) is 1. The molecule has 0 bridgehead atoms. The first-order valence-corrected chi connectivity index (χ1v) is 7.15. The van der Waals surface area contributed by atoms with Gasteiger partial charge in [-0.3, -0.25) is 4.79 Å². The summed E-state index contributed by atoms with van der Waals surface area (Å²) in [6.07, 6.45) is 1.42. The monoisotopic (exact) mass is 308 g/mol. The number of amides is 1. The molecule has 0 saturated carbocycles. The molecule has 116 valence electrons. The van der Waals surface area contributed by atoms with E-state index < -0.39 is 0 Å². The van der Waals surface area contributed by atoms with Gasteiger partial charge < -0.3 is 14.6 Å². The van der Waals surface area contributed by atoms with Crippen LogP contribution in [0.25, 0.3) is 11.3 Å². The van der Waals surface area contributed by atoms with Crippen molar-refractivity contribution in [3.05, 3.63) is 65.9 Å². The Morgan fingerprint density at radius 2 is 1.87 bits per heavy atom. The number of carbonyl (C=O) groups is 1. The lowest BCUT2D eigenvalue weighted by Crippen LogP contribution is -2.12. The number of hydrogen-bond donors (Lipinski definition) is 1. The van der Waals surface area contributed by atoms with Crippen molar-refractivity contribution in [2.45, 2.75) is 6.92 Å². The molecule has 23 heavy (non-hydrogen) atoms. The Kier molecular flexibility index (Phi) is 4.10. The Hall–Kier alpha value is -3.08. The molecule has 0 spiro atoms. The van der Waals surface area contributed by atoms with Crippen LogP contribution >= 0.6 is 0 Å². The summed E-state index contributed by atoms with van der Waals surface area (Å²) in [4.78, 5) is 12.5. The largest absolute Gasteiger partial charge is 0.497 e. The maximum Gasteiger partial charge on any atom is 0.261 e. The van der Waals surface area contributed by atoms with Crippen molar-refractivity contribution in [3.63, 3.8) is 0 Å². The van der Waals surface area contributed by atoms with Crippen molar-refractivity contribution < 1.29 is 14.1 Å². The van der Waals surface area contributed by atoms with Crippen molar-refractivity contribution >= 4 is 11.6 Å². The Bertz CT molecular complexity index is 822. The van der Waals surface area contributed by atoms with E-state index in [-0.39, 0.29) is 5.91 Å². The number of ether oxygens (including phenoxy) is 1. The Morgan fingerprint density at radius 1 is 1.13 bits per heavy atom. The van der Waals surface area contributed by atoms with Gasteiger partial charge in [-0.25, -0.2) is 0 Å². The lowest BCUT2D eigenvalue weighted by Gasteiger charge is -2.07. The fourth-order valence-electron chi connectivity index (χ4n) is 2.25. The summed E-state index contributed by atoms with van der Waals surface area (Å²) in [5, 5.41) is 6.64. The molecule has 1 aromatic heterocycles. The van der Waals surface area contributed by atoms with Crippen LogP contribution in [0.5, 0.6) is 5.75 Å². The average Bonchev–Trinajstić information content (AvgIpc) is 3.07. The first kappa shape index (κ1) is 14.8. The quantitative estimate of drug-likeness (QED) is 0.793. The second kappa shape index (κ2) is 6.36. The highest BCUT2D eigenvalue weighted by molar-refractivity contribution is 6.07. The number of methoxy groups -OCH3 is 1. The van der Waals surface area contributed by atoms with Crippen molar-refractivity contribution in [1.29, 1.82) is 0 Å². The summed E-state index contributed by atoms with van der Waals surface area (Å²) in [6.45, 7) is 1.94. The molecule has 1 amide bonds. The standard InChI is InChI=1S/C18H16N2O3/c1-12-5-3-4-6-16(12)20-18(21)15-11-19-23-17(15)13-7-9-14(22-2)10-8-13/h3-11H,1-2H3,(H,20,21). The number of aryl methyl sites for hydroxylation is 1. The minimum atomic E-state index is -0.258. The van der Waals surface area contributed by atoms with Crippen molar-refractivity contribution in [3.8, 4) is 17.1 Å². The topological polar surface area (TPSA) is 64.4 Å². The smallest absolute Gasteiger partial charge is 0.261 e. The molecule has 3 rings (SSSR count). The van der Waals surface area contributed by atoms with E-state index in [4.69, 9.17) is 9.26 Å². The number of anilines is 1. The molecule has 1 heterocycles. The summed E-state index contributed by atoms with van der Waals surface area (Å²) in [7, 11) is 1.60. The summed E-state index contributed by atoms with van der Waals surface area (Å²) in [5.74, 6) is 0.907. The highest BCUT2D eigenvalue weighted by Crippen LogP contribution is 2.26. The van der Waals surface area contributed by atoms with Crippen LogP contribution < -0.4 is 10.1 Å². The van der Waals surface area contributed by atoms with Crippen LogP contribution in [0, 0.1) is 6.92 Å². The van der Waals surface area contributed by atoms with E-state index in [9.17, 15) is 4.79 Å². The SMILES string of the molecule is COc1ccc(-c2oncc2C(=O)Nc2ccccc2C)cc1.